The van der Waals surface area contributed by atoms with Crippen LogP contribution in [0.4, 0.5) is 0 Å². The maximum atomic E-state index is 10.4. The molecular weight excluding hydrogens is 396 g/mol. The molecule has 1 aliphatic carbocycles. The summed E-state index contributed by atoms with van der Waals surface area (Å²) in [5.74, 6) is -0.947. The molecule has 2 rings (SSSR count). The average Bonchev–Trinajstić information content (AvgIpc) is 2.93. The van der Waals surface area contributed by atoms with Crippen molar-refractivity contribution in [1.29, 1.82) is 0 Å². The Hall–Kier alpha value is -1.86. The van der Waals surface area contributed by atoms with Crippen molar-refractivity contribution in [2.75, 3.05) is 6.61 Å². The first-order valence-electron chi connectivity index (χ1n) is 9.82. The molecule has 0 amide bonds. The Balaban J connectivity index is 1.83. The zero-order chi connectivity index (χ0) is 21.2. The van der Waals surface area contributed by atoms with Crippen LogP contribution in [0, 0.1) is 11.8 Å². The third kappa shape index (κ3) is 8.19. The number of hydrogen-bond acceptors (Lipinski definition) is 6. The van der Waals surface area contributed by atoms with E-state index in [2.05, 4.69) is 0 Å². The molecule has 0 saturated heterocycles. The van der Waals surface area contributed by atoms with Crippen LogP contribution in [0.1, 0.15) is 32.1 Å². The van der Waals surface area contributed by atoms with E-state index in [4.69, 9.17) is 16.3 Å². The molecule has 5 atom stereocenters. The first-order chi connectivity index (χ1) is 13.9. The number of carbonyl (C=O) groups is 1. The van der Waals surface area contributed by atoms with Crippen molar-refractivity contribution in [3.63, 3.8) is 0 Å². The standard InChI is InChI=1S/C22H29ClO6/c23-15-6-5-7-17(12-15)29-14-16(24)10-11-19-18(20(25)13-21(19)26)8-3-1-2-4-9-22(27)28/h1,3,5-7,10-12,16,18-21,24-26H,2,4,8-9,13-14H2,(H,27,28)/p-1/b3-1-,11-10+/t16-,18-,19?,20+,21-/m1/s1. The molecule has 3 N–H and O–H groups in total. The zero-order valence-corrected chi connectivity index (χ0v) is 16.9. The maximum absolute atomic E-state index is 10.4. The molecule has 0 radical (unpaired) electrons. The molecular formula is C22H28ClO6-. The van der Waals surface area contributed by atoms with Crippen molar-refractivity contribution in [2.45, 2.75) is 50.4 Å². The molecule has 1 unspecified atom stereocenters. The number of aliphatic hydroxyl groups is 3. The summed E-state index contributed by atoms with van der Waals surface area (Å²) in [5.41, 5.74) is 0. The third-order valence-corrected chi connectivity index (χ3v) is 5.25. The van der Waals surface area contributed by atoms with Crippen LogP contribution in [0.25, 0.3) is 0 Å². The number of aliphatic carboxylic acids is 1. The van der Waals surface area contributed by atoms with Gasteiger partial charge in [0.05, 0.1) is 12.2 Å². The van der Waals surface area contributed by atoms with Crippen LogP contribution < -0.4 is 9.84 Å². The molecule has 1 aromatic rings. The lowest BCUT2D eigenvalue weighted by Crippen LogP contribution is -2.21. The number of benzene rings is 1. The average molecular weight is 424 g/mol. The number of carbonyl (C=O) groups excluding carboxylic acids is 1. The highest BCUT2D eigenvalue weighted by atomic mass is 35.5. The summed E-state index contributed by atoms with van der Waals surface area (Å²) in [6, 6.07) is 6.89. The Morgan fingerprint density at radius 3 is 2.83 bits per heavy atom. The molecule has 0 aliphatic heterocycles. The van der Waals surface area contributed by atoms with E-state index in [-0.39, 0.29) is 31.3 Å². The van der Waals surface area contributed by atoms with Gasteiger partial charge in [-0.3, -0.25) is 0 Å². The normalized spacial score (nSPS) is 25.7. The molecule has 0 aromatic heterocycles. The van der Waals surface area contributed by atoms with Gasteiger partial charge in [-0.05, 0) is 49.8 Å². The molecule has 160 valence electrons. The molecule has 7 heteroatoms. The van der Waals surface area contributed by atoms with Gasteiger partial charge in [-0.25, -0.2) is 0 Å². The van der Waals surface area contributed by atoms with Crippen molar-refractivity contribution in [2.24, 2.45) is 11.8 Å². The Morgan fingerprint density at radius 2 is 2.10 bits per heavy atom. The smallest absolute Gasteiger partial charge is 0.120 e. The van der Waals surface area contributed by atoms with Gasteiger partial charge in [0.1, 0.15) is 18.5 Å². The quantitative estimate of drug-likeness (QED) is 0.370. The van der Waals surface area contributed by atoms with Gasteiger partial charge >= 0.3 is 0 Å². The van der Waals surface area contributed by atoms with E-state index in [9.17, 15) is 25.2 Å². The monoisotopic (exact) mass is 423 g/mol. The molecule has 6 nitrogen and oxygen atoms in total. The van der Waals surface area contributed by atoms with E-state index in [0.717, 1.165) is 0 Å². The second kappa shape index (κ2) is 12.0. The van der Waals surface area contributed by atoms with Crippen molar-refractivity contribution in [1.82, 2.24) is 0 Å². The summed E-state index contributed by atoms with van der Waals surface area (Å²) < 4.78 is 5.50. The molecule has 0 heterocycles. The number of ether oxygens (including phenoxy) is 1. The number of halogens is 1. The topological polar surface area (TPSA) is 110 Å². The van der Waals surface area contributed by atoms with Crippen LogP contribution in [-0.4, -0.2) is 46.2 Å². The van der Waals surface area contributed by atoms with Gasteiger partial charge in [0.25, 0.3) is 0 Å². The van der Waals surface area contributed by atoms with E-state index in [1.807, 2.05) is 12.2 Å². The number of carboxylic acids is 1. The Morgan fingerprint density at radius 1 is 1.31 bits per heavy atom. The van der Waals surface area contributed by atoms with E-state index >= 15 is 0 Å². The minimum Gasteiger partial charge on any atom is -0.550 e. The molecule has 1 aliphatic rings. The predicted molar refractivity (Wildman–Crippen MR) is 108 cm³/mol. The lowest BCUT2D eigenvalue weighted by Gasteiger charge is -2.19. The number of carboxylic acid groups (broad SMARTS) is 1. The highest BCUT2D eigenvalue weighted by Crippen LogP contribution is 2.36. The Kier molecular flexibility index (Phi) is 9.67. The minimum atomic E-state index is -1.06. The third-order valence-electron chi connectivity index (χ3n) is 5.01. The summed E-state index contributed by atoms with van der Waals surface area (Å²) in [7, 11) is 0. The van der Waals surface area contributed by atoms with Crippen LogP contribution in [-0.2, 0) is 4.79 Å². The highest BCUT2D eigenvalue weighted by molar-refractivity contribution is 6.30. The van der Waals surface area contributed by atoms with Crippen LogP contribution in [0.5, 0.6) is 5.75 Å². The fourth-order valence-corrected chi connectivity index (χ4v) is 3.67. The summed E-state index contributed by atoms with van der Waals surface area (Å²) in [4.78, 5) is 10.4. The van der Waals surface area contributed by atoms with Crippen LogP contribution in [0.2, 0.25) is 5.02 Å². The Labute approximate surface area is 176 Å². The van der Waals surface area contributed by atoms with Gasteiger partial charge in [-0.2, -0.15) is 0 Å². The van der Waals surface area contributed by atoms with Gasteiger partial charge in [-0.1, -0.05) is 42.0 Å². The molecule has 29 heavy (non-hydrogen) atoms. The summed E-state index contributed by atoms with van der Waals surface area (Å²) in [6.07, 6.45) is 6.93. The van der Waals surface area contributed by atoms with Gasteiger partial charge < -0.3 is 30.0 Å². The lowest BCUT2D eigenvalue weighted by atomic mass is 9.89. The fraction of sp³-hybridized carbons (Fsp3) is 0.500. The van der Waals surface area contributed by atoms with E-state index in [1.165, 1.54) is 0 Å². The number of unbranched alkanes of at least 4 members (excludes halogenated alkanes) is 1. The first-order valence-corrected chi connectivity index (χ1v) is 10.2. The zero-order valence-electron chi connectivity index (χ0n) is 16.2. The Bertz CT molecular complexity index is 704. The summed E-state index contributed by atoms with van der Waals surface area (Å²) in [5, 5.41) is 41.6. The van der Waals surface area contributed by atoms with Crippen molar-refractivity contribution in [3.8, 4) is 5.75 Å². The molecule has 1 fully saturated rings. The van der Waals surface area contributed by atoms with Crippen molar-refractivity contribution in [3.05, 3.63) is 53.6 Å². The van der Waals surface area contributed by atoms with Gasteiger partial charge in [0.15, 0.2) is 0 Å². The van der Waals surface area contributed by atoms with Gasteiger partial charge in [0.2, 0.25) is 0 Å². The van der Waals surface area contributed by atoms with E-state index in [0.29, 0.717) is 30.0 Å². The van der Waals surface area contributed by atoms with Gasteiger partial charge in [0, 0.05) is 23.3 Å². The van der Waals surface area contributed by atoms with E-state index in [1.54, 1.807) is 36.4 Å². The number of aliphatic hydroxyl groups excluding tert-OH is 3. The number of rotatable bonds is 11. The second-order valence-corrected chi connectivity index (χ2v) is 7.74. The van der Waals surface area contributed by atoms with Crippen molar-refractivity contribution < 1.29 is 30.0 Å². The maximum Gasteiger partial charge on any atom is 0.120 e. The highest BCUT2D eigenvalue weighted by Gasteiger charge is 2.39. The van der Waals surface area contributed by atoms with Crippen molar-refractivity contribution >= 4 is 17.6 Å². The van der Waals surface area contributed by atoms with Crippen LogP contribution >= 0.6 is 11.6 Å². The molecule has 0 bridgehead atoms. The fourth-order valence-electron chi connectivity index (χ4n) is 3.49. The SMILES string of the molecule is O=C([O-])CCC/C=C\C[C@@H]1C(/C=C/[C@@H](O)COc2cccc(Cl)c2)[C@H](O)C[C@@H]1O. The molecule has 0 spiro atoms. The van der Waals surface area contributed by atoms with E-state index < -0.39 is 24.3 Å². The predicted octanol–water partition coefficient (Wildman–Crippen LogP) is 1.86. The number of hydrogen-bond donors (Lipinski definition) is 3. The summed E-state index contributed by atoms with van der Waals surface area (Å²) >= 11 is 5.89. The molecule has 1 saturated carbocycles. The summed E-state index contributed by atoms with van der Waals surface area (Å²) in [6.45, 7) is 0.0468. The first kappa shape index (κ1) is 23.4. The largest absolute Gasteiger partial charge is 0.550 e. The van der Waals surface area contributed by atoms with Crippen LogP contribution in [0.3, 0.4) is 0 Å². The lowest BCUT2D eigenvalue weighted by molar-refractivity contribution is -0.305. The van der Waals surface area contributed by atoms with Crippen LogP contribution in [0.15, 0.2) is 48.6 Å². The molecule has 1 aromatic carbocycles. The number of allylic oxidation sites excluding steroid dienone is 2. The van der Waals surface area contributed by atoms with Gasteiger partial charge in [-0.15, -0.1) is 0 Å². The minimum absolute atomic E-state index is 0.0234. The second-order valence-electron chi connectivity index (χ2n) is 7.30.